The monoisotopic (exact) mass is 207 g/mol. The van der Waals surface area contributed by atoms with Crippen molar-refractivity contribution in [2.45, 2.75) is 43.9 Å². The van der Waals surface area contributed by atoms with E-state index in [1.165, 1.54) is 12.8 Å². The van der Waals surface area contributed by atoms with Gasteiger partial charge in [-0.15, -0.1) is 0 Å². The van der Waals surface area contributed by atoms with Gasteiger partial charge in [0.25, 0.3) is 0 Å². The molecule has 4 nitrogen and oxygen atoms in total. The first kappa shape index (κ1) is 9.33. The number of rotatable bonds is 2. The van der Waals surface area contributed by atoms with Crippen molar-refractivity contribution in [3.05, 3.63) is 11.7 Å². The zero-order valence-corrected chi connectivity index (χ0v) is 9.12. The van der Waals surface area contributed by atoms with Crippen molar-refractivity contribution < 1.29 is 4.52 Å². The Morgan fingerprint density at radius 1 is 1.33 bits per heavy atom. The molecule has 0 bridgehead atoms. The topological polar surface area (TPSA) is 51.0 Å². The second-order valence-corrected chi connectivity index (χ2v) is 5.04. The van der Waals surface area contributed by atoms with E-state index in [-0.39, 0.29) is 5.41 Å². The summed E-state index contributed by atoms with van der Waals surface area (Å²) in [6.45, 7) is 4.34. The summed E-state index contributed by atoms with van der Waals surface area (Å²) in [6.07, 6.45) is 4.66. The van der Waals surface area contributed by atoms with Gasteiger partial charge in [0.2, 0.25) is 5.89 Å². The first-order valence-corrected chi connectivity index (χ1v) is 5.83. The number of nitrogens with one attached hydrogen (secondary N) is 1. The molecule has 2 fully saturated rings. The van der Waals surface area contributed by atoms with E-state index >= 15 is 0 Å². The van der Waals surface area contributed by atoms with Crippen molar-refractivity contribution in [3.8, 4) is 0 Å². The van der Waals surface area contributed by atoms with Crippen LogP contribution in [-0.2, 0) is 5.41 Å². The van der Waals surface area contributed by atoms with E-state index in [1.807, 2.05) is 0 Å². The molecule has 0 spiro atoms. The Hall–Kier alpha value is -0.900. The molecule has 2 aliphatic rings. The summed E-state index contributed by atoms with van der Waals surface area (Å²) in [6, 6.07) is 0. The van der Waals surface area contributed by atoms with Gasteiger partial charge in [-0.25, -0.2) is 0 Å². The van der Waals surface area contributed by atoms with Crippen molar-refractivity contribution in [2.24, 2.45) is 0 Å². The summed E-state index contributed by atoms with van der Waals surface area (Å²) in [7, 11) is 0. The number of hydrogen-bond acceptors (Lipinski definition) is 4. The quantitative estimate of drug-likeness (QED) is 0.800. The molecule has 1 aromatic rings. The lowest BCUT2D eigenvalue weighted by Crippen LogP contribution is -2.37. The van der Waals surface area contributed by atoms with Gasteiger partial charge < -0.3 is 9.84 Å². The fourth-order valence-corrected chi connectivity index (χ4v) is 2.18. The van der Waals surface area contributed by atoms with Crippen LogP contribution in [0, 0.1) is 0 Å². The molecule has 1 aliphatic heterocycles. The van der Waals surface area contributed by atoms with Gasteiger partial charge in [0.15, 0.2) is 5.82 Å². The molecule has 0 radical (unpaired) electrons. The molecule has 1 saturated heterocycles. The van der Waals surface area contributed by atoms with Gasteiger partial charge in [0, 0.05) is 11.3 Å². The number of hydrogen-bond donors (Lipinski definition) is 1. The van der Waals surface area contributed by atoms with Crippen LogP contribution >= 0.6 is 0 Å². The Kier molecular flexibility index (Phi) is 2.06. The van der Waals surface area contributed by atoms with Gasteiger partial charge in [-0.05, 0) is 38.8 Å². The highest BCUT2D eigenvalue weighted by molar-refractivity contribution is 5.09. The summed E-state index contributed by atoms with van der Waals surface area (Å²) in [4.78, 5) is 4.56. The molecule has 1 saturated carbocycles. The molecule has 3 rings (SSSR count). The maximum Gasteiger partial charge on any atom is 0.232 e. The molecule has 0 aromatic carbocycles. The van der Waals surface area contributed by atoms with Crippen molar-refractivity contribution in [1.29, 1.82) is 0 Å². The zero-order valence-electron chi connectivity index (χ0n) is 9.12. The third-order valence-electron chi connectivity index (χ3n) is 3.61. The Labute approximate surface area is 89.4 Å². The first-order valence-electron chi connectivity index (χ1n) is 5.83. The molecule has 2 heterocycles. The van der Waals surface area contributed by atoms with E-state index < -0.39 is 0 Å². The second kappa shape index (κ2) is 3.30. The van der Waals surface area contributed by atoms with Crippen LogP contribution in [0.4, 0.5) is 0 Å². The third-order valence-corrected chi connectivity index (χ3v) is 3.61. The largest absolute Gasteiger partial charge is 0.339 e. The fourth-order valence-electron chi connectivity index (χ4n) is 2.18. The van der Waals surface area contributed by atoms with Crippen molar-refractivity contribution in [1.82, 2.24) is 15.5 Å². The van der Waals surface area contributed by atoms with Gasteiger partial charge in [-0.1, -0.05) is 12.1 Å². The molecule has 4 heteroatoms. The summed E-state index contributed by atoms with van der Waals surface area (Å²) < 4.78 is 5.42. The molecular weight excluding hydrogens is 190 g/mol. The van der Waals surface area contributed by atoms with Crippen LogP contribution in [0.25, 0.3) is 0 Å². The van der Waals surface area contributed by atoms with Crippen molar-refractivity contribution in [3.63, 3.8) is 0 Å². The highest BCUT2D eigenvalue weighted by Crippen LogP contribution is 2.40. The standard InChI is InChI=1S/C11H17N3O/c1-11(4-6-12-7-5-11)10-13-9(14-15-10)8-2-3-8/h8,12H,2-7H2,1H3. The maximum absolute atomic E-state index is 5.42. The minimum atomic E-state index is 0.103. The summed E-state index contributed by atoms with van der Waals surface area (Å²) in [5, 5.41) is 7.45. The molecule has 0 atom stereocenters. The number of nitrogens with zero attached hydrogens (tertiary/aromatic N) is 2. The number of aromatic nitrogens is 2. The van der Waals surface area contributed by atoms with E-state index in [9.17, 15) is 0 Å². The van der Waals surface area contributed by atoms with Crippen molar-refractivity contribution >= 4 is 0 Å². The predicted octanol–water partition coefficient (Wildman–Crippen LogP) is 1.59. The Morgan fingerprint density at radius 3 is 2.73 bits per heavy atom. The SMILES string of the molecule is CC1(c2nc(C3CC3)no2)CCNCC1. The highest BCUT2D eigenvalue weighted by Gasteiger charge is 2.36. The lowest BCUT2D eigenvalue weighted by atomic mass is 9.81. The Bertz CT molecular complexity index is 350. The molecule has 82 valence electrons. The minimum absolute atomic E-state index is 0.103. The van der Waals surface area contributed by atoms with Crippen molar-refractivity contribution in [2.75, 3.05) is 13.1 Å². The lowest BCUT2D eigenvalue weighted by Gasteiger charge is -2.30. The normalized spacial score (nSPS) is 25.4. The molecular formula is C11H17N3O. The van der Waals surface area contributed by atoms with Crippen LogP contribution in [0.15, 0.2) is 4.52 Å². The average molecular weight is 207 g/mol. The van der Waals surface area contributed by atoms with Crippen LogP contribution < -0.4 is 5.32 Å². The van der Waals surface area contributed by atoms with E-state index in [0.717, 1.165) is 37.6 Å². The zero-order chi connectivity index (χ0) is 10.3. The summed E-state index contributed by atoms with van der Waals surface area (Å²) in [5.74, 6) is 2.38. The second-order valence-electron chi connectivity index (χ2n) is 5.04. The predicted molar refractivity (Wildman–Crippen MR) is 55.7 cm³/mol. The molecule has 1 N–H and O–H groups in total. The molecule has 15 heavy (non-hydrogen) atoms. The van der Waals surface area contributed by atoms with Gasteiger partial charge in [-0.2, -0.15) is 4.98 Å². The maximum atomic E-state index is 5.42. The summed E-state index contributed by atoms with van der Waals surface area (Å²) in [5.41, 5.74) is 0.103. The van der Waals surface area contributed by atoms with E-state index in [2.05, 4.69) is 22.4 Å². The molecule has 1 aromatic heterocycles. The van der Waals surface area contributed by atoms with Gasteiger partial charge in [0.1, 0.15) is 0 Å². The summed E-state index contributed by atoms with van der Waals surface area (Å²) >= 11 is 0. The molecule has 0 unspecified atom stereocenters. The highest BCUT2D eigenvalue weighted by atomic mass is 16.5. The van der Waals surface area contributed by atoms with Gasteiger partial charge in [0.05, 0.1) is 0 Å². The van der Waals surface area contributed by atoms with Crippen LogP contribution in [0.2, 0.25) is 0 Å². The first-order chi connectivity index (χ1) is 7.28. The van der Waals surface area contributed by atoms with Gasteiger partial charge >= 0.3 is 0 Å². The third kappa shape index (κ3) is 1.67. The Balaban J connectivity index is 1.83. The fraction of sp³-hybridized carbons (Fsp3) is 0.818. The lowest BCUT2D eigenvalue weighted by molar-refractivity contribution is 0.240. The number of piperidine rings is 1. The average Bonchev–Trinajstić information content (AvgIpc) is 2.97. The smallest absolute Gasteiger partial charge is 0.232 e. The van der Waals surface area contributed by atoms with Gasteiger partial charge in [-0.3, -0.25) is 0 Å². The van der Waals surface area contributed by atoms with E-state index in [4.69, 9.17) is 4.52 Å². The van der Waals surface area contributed by atoms with Crippen LogP contribution in [0.5, 0.6) is 0 Å². The van der Waals surface area contributed by atoms with E-state index in [1.54, 1.807) is 0 Å². The minimum Gasteiger partial charge on any atom is -0.339 e. The van der Waals surface area contributed by atoms with Crippen LogP contribution in [0.1, 0.15) is 50.2 Å². The van der Waals surface area contributed by atoms with E-state index in [0.29, 0.717) is 5.92 Å². The molecule has 0 amide bonds. The van der Waals surface area contributed by atoms with Crippen LogP contribution in [-0.4, -0.2) is 23.2 Å². The van der Waals surface area contributed by atoms with Crippen LogP contribution in [0.3, 0.4) is 0 Å². The Morgan fingerprint density at radius 2 is 2.07 bits per heavy atom. The molecule has 1 aliphatic carbocycles.